The molecule has 0 bridgehead atoms. The van der Waals surface area contributed by atoms with Crippen LogP contribution in [0.4, 0.5) is 11.4 Å². The van der Waals surface area contributed by atoms with Gasteiger partial charge >= 0.3 is 0 Å². The van der Waals surface area contributed by atoms with Gasteiger partial charge in [-0.3, -0.25) is 9.78 Å². The molecule has 0 aliphatic heterocycles. The normalized spacial score (nSPS) is 10.1. The maximum Gasteiger partial charge on any atom is 0.274 e. The zero-order chi connectivity index (χ0) is 13.8. The van der Waals surface area contributed by atoms with Crippen LogP contribution in [0.2, 0.25) is 5.02 Å². The first-order valence-electron chi connectivity index (χ1n) is 5.50. The summed E-state index contributed by atoms with van der Waals surface area (Å²) < 4.78 is 0.878. The van der Waals surface area contributed by atoms with Crippen LogP contribution in [0.1, 0.15) is 10.5 Å². The predicted molar refractivity (Wildman–Crippen MR) is 85.9 cm³/mol. The van der Waals surface area contributed by atoms with E-state index < -0.39 is 0 Å². The summed E-state index contributed by atoms with van der Waals surface area (Å²) in [5.74, 6) is -0.252. The third-order valence-corrected chi connectivity index (χ3v) is 3.59. The van der Waals surface area contributed by atoms with E-state index >= 15 is 0 Å². The van der Waals surface area contributed by atoms with Gasteiger partial charge in [0.15, 0.2) is 0 Å². The van der Waals surface area contributed by atoms with Gasteiger partial charge in [-0.2, -0.15) is 0 Å². The second-order valence-electron chi connectivity index (χ2n) is 3.76. The number of carbonyl (C=O) groups excluding carboxylic acids is 1. The molecule has 1 aromatic carbocycles. The van der Waals surface area contributed by atoms with Gasteiger partial charge < -0.3 is 10.6 Å². The highest BCUT2D eigenvalue weighted by molar-refractivity contribution is 14.1. The van der Waals surface area contributed by atoms with Crippen LogP contribution in [-0.4, -0.2) is 17.9 Å². The Bertz CT molecular complexity index is 619. The first kappa shape index (κ1) is 14.1. The van der Waals surface area contributed by atoms with Gasteiger partial charge in [0.1, 0.15) is 5.69 Å². The summed E-state index contributed by atoms with van der Waals surface area (Å²) >= 11 is 7.99. The number of halogens is 2. The van der Waals surface area contributed by atoms with Gasteiger partial charge in [-0.25, -0.2) is 0 Å². The van der Waals surface area contributed by atoms with E-state index in [0.29, 0.717) is 16.4 Å². The Kier molecular flexibility index (Phi) is 4.60. The molecule has 2 N–H and O–H groups in total. The van der Waals surface area contributed by atoms with Crippen LogP contribution in [0.5, 0.6) is 0 Å². The van der Waals surface area contributed by atoms with Crippen LogP contribution in [0.25, 0.3) is 0 Å². The van der Waals surface area contributed by atoms with Gasteiger partial charge in [0, 0.05) is 27.5 Å². The summed E-state index contributed by atoms with van der Waals surface area (Å²) in [5.41, 5.74) is 1.91. The number of carbonyl (C=O) groups is 1. The lowest BCUT2D eigenvalue weighted by Gasteiger charge is -2.08. The monoisotopic (exact) mass is 387 g/mol. The summed E-state index contributed by atoms with van der Waals surface area (Å²) in [6.45, 7) is 0. The molecule has 0 aliphatic carbocycles. The van der Waals surface area contributed by atoms with E-state index in [-0.39, 0.29) is 5.91 Å². The molecule has 2 aromatic rings. The molecular weight excluding hydrogens is 377 g/mol. The smallest absolute Gasteiger partial charge is 0.274 e. The summed E-state index contributed by atoms with van der Waals surface area (Å²) in [6.07, 6.45) is 1.59. The zero-order valence-corrected chi connectivity index (χ0v) is 13.0. The van der Waals surface area contributed by atoms with Crippen LogP contribution >= 0.6 is 34.2 Å². The van der Waals surface area contributed by atoms with E-state index in [1.165, 1.54) is 0 Å². The molecule has 98 valence electrons. The highest BCUT2D eigenvalue weighted by Crippen LogP contribution is 2.22. The quantitative estimate of drug-likeness (QED) is 0.791. The molecule has 0 atom stereocenters. The molecule has 19 heavy (non-hydrogen) atoms. The minimum Gasteiger partial charge on any atom is -0.388 e. The van der Waals surface area contributed by atoms with Crippen LogP contribution in [0.3, 0.4) is 0 Å². The zero-order valence-electron chi connectivity index (χ0n) is 10.1. The van der Waals surface area contributed by atoms with Crippen molar-refractivity contribution in [3.05, 3.63) is 50.8 Å². The van der Waals surface area contributed by atoms with Gasteiger partial charge in [-0.1, -0.05) is 11.6 Å². The lowest BCUT2D eigenvalue weighted by atomic mass is 10.2. The third-order valence-electron chi connectivity index (χ3n) is 2.46. The summed E-state index contributed by atoms with van der Waals surface area (Å²) in [4.78, 5) is 16.1. The van der Waals surface area contributed by atoms with Crippen molar-refractivity contribution in [3.63, 3.8) is 0 Å². The second-order valence-corrected chi connectivity index (χ2v) is 5.36. The molecule has 4 nitrogen and oxygen atoms in total. The van der Waals surface area contributed by atoms with Crippen molar-refractivity contribution in [1.29, 1.82) is 0 Å². The minimum absolute atomic E-state index is 0.252. The standard InChI is InChI=1S/C13H11ClIN3O/c1-16-9-4-5-17-12(7-9)13(19)18-11-3-2-8(14)6-10(11)15/h2-7H,1H3,(H,16,17)(H,18,19). The highest BCUT2D eigenvalue weighted by Gasteiger charge is 2.10. The van der Waals surface area contributed by atoms with E-state index in [1.807, 2.05) is 0 Å². The summed E-state index contributed by atoms with van der Waals surface area (Å²) in [6, 6.07) is 8.77. The van der Waals surface area contributed by atoms with Crippen molar-refractivity contribution in [2.24, 2.45) is 0 Å². The number of hydrogen-bond acceptors (Lipinski definition) is 3. The second kappa shape index (κ2) is 6.21. The Morgan fingerprint density at radius 1 is 1.32 bits per heavy atom. The van der Waals surface area contributed by atoms with E-state index in [2.05, 4.69) is 38.2 Å². The fraction of sp³-hybridized carbons (Fsp3) is 0.0769. The Hall–Kier alpha value is -1.34. The molecular formula is C13H11ClIN3O. The van der Waals surface area contributed by atoms with Crippen molar-refractivity contribution in [2.75, 3.05) is 17.7 Å². The average molecular weight is 388 g/mol. The van der Waals surface area contributed by atoms with Crippen molar-refractivity contribution in [2.45, 2.75) is 0 Å². The molecule has 0 fully saturated rings. The van der Waals surface area contributed by atoms with Crippen molar-refractivity contribution >= 4 is 51.5 Å². The maximum absolute atomic E-state index is 12.1. The molecule has 1 heterocycles. The SMILES string of the molecule is CNc1ccnc(C(=O)Nc2ccc(Cl)cc2I)c1. The van der Waals surface area contributed by atoms with Gasteiger partial charge in [0.2, 0.25) is 0 Å². The number of aromatic nitrogens is 1. The lowest BCUT2D eigenvalue weighted by molar-refractivity contribution is 0.102. The maximum atomic E-state index is 12.1. The first-order valence-corrected chi connectivity index (χ1v) is 6.96. The average Bonchev–Trinajstić information content (AvgIpc) is 2.42. The van der Waals surface area contributed by atoms with Gasteiger partial charge in [0.25, 0.3) is 5.91 Å². The van der Waals surface area contributed by atoms with Crippen molar-refractivity contribution in [3.8, 4) is 0 Å². The van der Waals surface area contributed by atoms with E-state index in [1.54, 1.807) is 43.6 Å². The van der Waals surface area contributed by atoms with Crippen LogP contribution in [0, 0.1) is 3.57 Å². The molecule has 0 aliphatic rings. The Morgan fingerprint density at radius 3 is 2.79 bits per heavy atom. The number of pyridine rings is 1. The molecule has 6 heteroatoms. The molecule has 0 saturated carbocycles. The van der Waals surface area contributed by atoms with E-state index in [9.17, 15) is 4.79 Å². The number of amides is 1. The van der Waals surface area contributed by atoms with Crippen LogP contribution in [0.15, 0.2) is 36.5 Å². The van der Waals surface area contributed by atoms with Crippen LogP contribution < -0.4 is 10.6 Å². The molecule has 1 aromatic heterocycles. The van der Waals surface area contributed by atoms with Crippen molar-refractivity contribution in [1.82, 2.24) is 4.98 Å². The minimum atomic E-state index is -0.252. The number of nitrogens with one attached hydrogen (secondary N) is 2. The third kappa shape index (κ3) is 3.57. The van der Waals surface area contributed by atoms with Gasteiger partial charge in [-0.05, 0) is 52.9 Å². The molecule has 0 radical (unpaired) electrons. The summed E-state index contributed by atoms with van der Waals surface area (Å²) in [7, 11) is 1.79. The predicted octanol–water partition coefficient (Wildman–Crippen LogP) is 3.63. The molecule has 0 spiro atoms. The highest BCUT2D eigenvalue weighted by atomic mass is 127. The van der Waals surface area contributed by atoms with Gasteiger partial charge in [0.05, 0.1) is 5.69 Å². The number of anilines is 2. The number of benzene rings is 1. The van der Waals surface area contributed by atoms with E-state index in [4.69, 9.17) is 11.6 Å². The fourth-order valence-corrected chi connectivity index (χ4v) is 2.49. The molecule has 1 amide bonds. The Morgan fingerprint density at radius 2 is 2.11 bits per heavy atom. The van der Waals surface area contributed by atoms with Crippen LogP contribution in [-0.2, 0) is 0 Å². The number of nitrogens with zero attached hydrogens (tertiary/aromatic N) is 1. The number of rotatable bonds is 3. The lowest BCUT2D eigenvalue weighted by Crippen LogP contribution is -2.14. The number of hydrogen-bond donors (Lipinski definition) is 2. The van der Waals surface area contributed by atoms with E-state index in [0.717, 1.165) is 9.26 Å². The fourth-order valence-electron chi connectivity index (χ4n) is 1.49. The molecule has 0 unspecified atom stereocenters. The summed E-state index contributed by atoms with van der Waals surface area (Å²) in [5, 5.41) is 6.41. The van der Waals surface area contributed by atoms with Gasteiger partial charge in [-0.15, -0.1) is 0 Å². The topological polar surface area (TPSA) is 54.0 Å². The largest absolute Gasteiger partial charge is 0.388 e. The first-order chi connectivity index (χ1) is 9.10. The molecule has 0 saturated heterocycles. The Balaban J connectivity index is 2.20. The van der Waals surface area contributed by atoms with Crippen molar-refractivity contribution < 1.29 is 4.79 Å². The Labute approximate surface area is 129 Å². The molecule has 2 rings (SSSR count).